The van der Waals surface area contributed by atoms with Gasteiger partial charge in [-0.15, -0.1) is 0 Å². The van der Waals surface area contributed by atoms with E-state index < -0.39 is 5.91 Å². The van der Waals surface area contributed by atoms with Crippen LogP contribution in [0.15, 0.2) is 53.5 Å². The number of morpholine rings is 1. The maximum absolute atomic E-state index is 11.4. The monoisotopic (exact) mass is 425 g/mol. The number of nitrogens with one attached hydrogen (secondary N) is 2. The molecular weight excluding hydrogens is 394 g/mol. The molecule has 0 saturated carbocycles. The van der Waals surface area contributed by atoms with Gasteiger partial charge in [-0.1, -0.05) is 24.3 Å². The minimum atomic E-state index is -0.433. The molecule has 1 atom stereocenters. The van der Waals surface area contributed by atoms with Gasteiger partial charge < -0.3 is 25.8 Å². The Bertz CT molecular complexity index is 879. The van der Waals surface area contributed by atoms with Crippen LogP contribution < -0.4 is 21.1 Å². The molecule has 1 unspecified atom stereocenters. The molecule has 2 aromatic carbocycles. The van der Waals surface area contributed by atoms with E-state index in [1.54, 1.807) is 26.3 Å². The van der Waals surface area contributed by atoms with Crippen LogP contribution in [0.1, 0.15) is 27.5 Å². The highest BCUT2D eigenvalue weighted by molar-refractivity contribution is 5.92. The highest BCUT2D eigenvalue weighted by Gasteiger charge is 2.23. The molecule has 0 aliphatic carbocycles. The number of hydrogen-bond acceptors (Lipinski definition) is 5. The van der Waals surface area contributed by atoms with Gasteiger partial charge in [0.15, 0.2) is 5.96 Å². The van der Waals surface area contributed by atoms with Crippen LogP contribution in [-0.4, -0.2) is 63.8 Å². The number of nitrogens with two attached hydrogens (primary N) is 1. The molecule has 0 radical (unpaired) electrons. The molecule has 1 amide bonds. The Hall–Kier alpha value is -3.10. The Morgan fingerprint density at radius 1 is 1.19 bits per heavy atom. The summed E-state index contributed by atoms with van der Waals surface area (Å²) >= 11 is 0. The summed E-state index contributed by atoms with van der Waals surface area (Å²) in [6.45, 7) is 4.44. The van der Waals surface area contributed by atoms with Crippen LogP contribution in [0, 0.1) is 0 Å². The van der Waals surface area contributed by atoms with Crippen molar-refractivity contribution in [3.8, 4) is 5.75 Å². The number of rotatable bonds is 8. The van der Waals surface area contributed by atoms with Gasteiger partial charge in [-0.25, -0.2) is 0 Å². The summed E-state index contributed by atoms with van der Waals surface area (Å²) in [6, 6.07) is 15.6. The van der Waals surface area contributed by atoms with Gasteiger partial charge >= 0.3 is 0 Å². The van der Waals surface area contributed by atoms with Crippen molar-refractivity contribution in [2.24, 2.45) is 10.7 Å². The first kappa shape index (κ1) is 22.6. The third kappa shape index (κ3) is 6.44. The van der Waals surface area contributed by atoms with Crippen molar-refractivity contribution in [3.05, 3.63) is 65.2 Å². The van der Waals surface area contributed by atoms with Crippen LogP contribution in [0.4, 0.5) is 0 Å². The lowest BCUT2D eigenvalue weighted by molar-refractivity contribution is 0.0170. The van der Waals surface area contributed by atoms with E-state index in [4.69, 9.17) is 15.2 Å². The third-order valence-electron chi connectivity index (χ3n) is 5.34. The Labute approximate surface area is 183 Å². The maximum Gasteiger partial charge on any atom is 0.248 e. The molecule has 4 N–H and O–H groups in total. The number of benzene rings is 2. The molecule has 0 aromatic heterocycles. The largest absolute Gasteiger partial charge is 0.497 e. The van der Waals surface area contributed by atoms with Crippen molar-refractivity contribution in [2.75, 3.05) is 47.0 Å². The van der Waals surface area contributed by atoms with Gasteiger partial charge in [0.05, 0.1) is 26.4 Å². The number of nitrogens with zero attached hydrogens (tertiary/aromatic N) is 2. The second-order valence-corrected chi connectivity index (χ2v) is 7.31. The molecule has 1 aliphatic heterocycles. The standard InChI is InChI=1S/C23H31N5O3/c1-25-23(26-15-17-4-3-5-19(14-17)22(24)29)27-16-21(28-10-12-31-13-11-28)18-6-8-20(30-2)9-7-18/h3-9,14,21H,10-13,15-16H2,1-2H3,(H2,24,29)(H2,25,26,27). The predicted molar refractivity (Wildman–Crippen MR) is 121 cm³/mol. The van der Waals surface area contributed by atoms with Crippen molar-refractivity contribution in [1.29, 1.82) is 0 Å². The molecule has 166 valence electrons. The normalized spacial score (nSPS) is 15.9. The minimum Gasteiger partial charge on any atom is -0.497 e. The Balaban J connectivity index is 1.64. The lowest BCUT2D eigenvalue weighted by Gasteiger charge is -2.35. The van der Waals surface area contributed by atoms with Crippen LogP contribution in [0.25, 0.3) is 0 Å². The summed E-state index contributed by atoms with van der Waals surface area (Å²) < 4.78 is 10.8. The molecule has 1 heterocycles. The van der Waals surface area contributed by atoms with E-state index in [0.717, 1.165) is 37.6 Å². The topological polar surface area (TPSA) is 101 Å². The van der Waals surface area contributed by atoms with Crippen molar-refractivity contribution in [1.82, 2.24) is 15.5 Å². The number of methoxy groups -OCH3 is 1. The first-order chi connectivity index (χ1) is 15.1. The zero-order valence-electron chi connectivity index (χ0n) is 18.1. The molecule has 3 rings (SSSR count). The molecule has 1 aliphatic rings. The molecule has 31 heavy (non-hydrogen) atoms. The highest BCUT2D eigenvalue weighted by atomic mass is 16.5. The average Bonchev–Trinajstić information content (AvgIpc) is 2.82. The van der Waals surface area contributed by atoms with E-state index in [1.807, 2.05) is 24.3 Å². The molecule has 0 bridgehead atoms. The maximum atomic E-state index is 11.4. The summed E-state index contributed by atoms with van der Waals surface area (Å²) in [6.07, 6.45) is 0. The van der Waals surface area contributed by atoms with Gasteiger partial charge in [0.2, 0.25) is 5.91 Å². The van der Waals surface area contributed by atoms with Crippen LogP contribution >= 0.6 is 0 Å². The number of hydrogen-bond donors (Lipinski definition) is 3. The Kier molecular flexibility index (Phi) is 8.26. The smallest absolute Gasteiger partial charge is 0.248 e. The summed E-state index contributed by atoms with van der Waals surface area (Å²) in [5, 5.41) is 6.74. The van der Waals surface area contributed by atoms with Gasteiger partial charge in [-0.3, -0.25) is 14.7 Å². The van der Waals surface area contributed by atoms with E-state index in [2.05, 4.69) is 32.7 Å². The van der Waals surface area contributed by atoms with Crippen molar-refractivity contribution in [3.63, 3.8) is 0 Å². The zero-order valence-corrected chi connectivity index (χ0v) is 18.1. The highest BCUT2D eigenvalue weighted by Crippen LogP contribution is 2.23. The van der Waals surface area contributed by atoms with E-state index in [9.17, 15) is 4.79 Å². The zero-order chi connectivity index (χ0) is 22.1. The lowest BCUT2D eigenvalue weighted by Crippen LogP contribution is -2.46. The molecular formula is C23H31N5O3. The lowest BCUT2D eigenvalue weighted by atomic mass is 10.0. The van der Waals surface area contributed by atoms with E-state index in [0.29, 0.717) is 24.6 Å². The average molecular weight is 426 g/mol. The first-order valence-electron chi connectivity index (χ1n) is 10.4. The van der Waals surface area contributed by atoms with Crippen LogP contribution in [-0.2, 0) is 11.3 Å². The number of carbonyl (C=O) groups excluding carboxylic acids is 1. The fourth-order valence-corrected chi connectivity index (χ4v) is 3.61. The molecule has 8 heteroatoms. The second-order valence-electron chi connectivity index (χ2n) is 7.31. The number of amides is 1. The van der Waals surface area contributed by atoms with Gasteiger partial charge in [0.1, 0.15) is 5.75 Å². The van der Waals surface area contributed by atoms with Crippen LogP contribution in [0.3, 0.4) is 0 Å². The quantitative estimate of drug-likeness (QED) is 0.438. The van der Waals surface area contributed by atoms with Gasteiger partial charge in [0.25, 0.3) is 0 Å². The number of aliphatic imine (C=N–C) groups is 1. The molecule has 1 fully saturated rings. The van der Waals surface area contributed by atoms with E-state index in [-0.39, 0.29) is 6.04 Å². The summed E-state index contributed by atoms with van der Waals surface area (Å²) in [7, 11) is 3.41. The van der Waals surface area contributed by atoms with Gasteiger partial charge in [-0.2, -0.15) is 0 Å². The SMILES string of the molecule is CN=C(NCc1cccc(C(N)=O)c1)NCC(c1ccc(OC)cc1)N1CCOCC1. The molecule has 2 aromatic rings. The van der Waals surface area contributed by atoms with Crippen molar-refractivity contribution < 1.29 is 14.3 Å². The molecule has 8 nitrogen and oxygen atoms in total. The van der Waals surface area contributed by atoms with Crippen LogP contribution in [0.5, 0.6) is 5.75 Å². The van der Waals surface area contributed by atoms with Crippen LogP contribution in [0.2, 0.25) is 0 Å². The first-order valence-corrected chi connectivity index (χ1v) is 10.4. The number of primary amides is 1. The summed E-state index contributed by atoms with van der Waals surface area (Å²) in [5.41, 5.74) is 8.03. The minimum absolute atomic E-state index is 0.173. The fourth-order valence-electron chi connectivity index (χ4n) is 3.61. The fraction of sp³-hybridized carbons (Fsp3) is 0.391. The predicted octanol–water partition coefficient (Wildman–Crippen LogP) is 1.53. The van der Waals surface area contributed by atoms with Gasteiger partial charge in [0, 0.05) is 38.8 Å². The number of guanidine groups is 1. The number of carbonyl (C=O) groups is 1. The second kappa shape index (κ2) is 11.3. The third-order valence-corrected chi connectivity index (χ3v) is 5.34. The number of ether oxygens (including phenoxy) is 2. The summed E-state index contributed by atoms with van der Waals surface area (Å²) in [5.74, 6) is 1.10. The van der Waals surface area contributed by atoms with E-state index >= 15 is 0 Å². The molecule has 0 spiro atoms. The Morgan fingerprint density at radius 3 is 2.58 bits per heavy atom. The van der Waals surface area contributed by atoms with Crippen molar-refractivity contribution in [2.45, 2.75) is 12.6 Å². The van der Waals surface area contributed by atoms with Gasteiger partial charge in [-0.05, 0) is 35.4 Å². The molecule has 1 saturated heterocycles. The summed E-state index contributed by atoms with van der Waals surface area (Å²) in [4.78, 5) is 18.2. The Morgan fingerprint density at radius 2 is 1.94 bits per heavy atom. The van der Waals surface area contributed by atoms with E-state index in [1.165, 1.54) is 5.56 Å². The van der Waals surface area contributed by atoms with Crippen molar-refractivity contribution >= 4 is 11.9 Å².